The van der Waals surface area contributed by atoms with Crippen molar-refractivity contribution < 1.29 is 4.79 Å². The first-order valence-electron chi connectivity index (χ1n) is 4.48. The quantitative estimate of drug-likeness (QED) is 0.763. The number of carbonyl (C=O) groups excluding carboxylic acids is 1. The molecule has 0 saturated heterocycles. The van der Waals surface area contributed by atoms with E-state index in [1.54, 1.807) is 23.1 Å². The minimum atomic E-state index is 0.0761. The number of carbonyl (C=O) groups is 1. The lowest BCUT2D eigenvalue weighted by Crippen LogP contribution is -2.18. The highest BCUT2D eigenvalue weighted by atomic mass is 32.2. The Bertz CT molecular complexity index is 491. The van der Waals surface area contributed by atoms with Gasteiger partial charge in [0.25, 0.3) is 0 Å². The summed E-state index contributed by atoms with van der Waals surface area (Å²) in [6.07, 6.45) is 2.01. The lowest BCUT2D eigenvalue weighted by molar-refractivity contribution is 0.0886. The molecule has 1 aliphatic heterocycles. The Labute approximate surface area is 94.3 Å². The van der Waals surface area contributed by atoms with Crippen molar-refractivity contribution in [1.29, 1.82) is 0 Å². The van der Waals surface area contributed by atoms with Crippen LogP contribution in [0.25, 0.3) is 0 Å². The van der Waals surface area contributed by atoms with E-state index in [1.165, 1.54) is 15.8 Å². The molecule has 0 amide bonds. The molecule has 0 N–H and O–H groups in total. The molecule has 2 aromatic heterocycles. The van der Waals surface area contributed by atoms with E-state index in [9.17, 15) is 4.79 Å². The molecule has 6 heteroatoms. The van der Waals surface area contributed by atoms with Crippen LogP contribution in [0.4, 0.5) is 0 Å². The molecule has 0 saturated carbocycles. The standard InChI is InChI=1S/C9H7N3OS2/c13-8-4-7(6-2-1-3-14-6)15-9-11-10-5-12(8)9/h1-3,5,7H,4H2/t7-/m0/s1. The summed E-state index contributed by atoms with van der Waals surface area (Å²) in [5.41, 5.74) is 0. The molecule has 0 aliphatic carbocycles. The SMILES string of the molecule is O=C1C[C@@H](c2cccs2)Sc2nncn21. The third kappa shape index (κ3) is 1.49. The van der Waals surface area contributed by atoms with Crippen molar-refractivity contribution in [1.82, 2.24) is 14.8 Å². The molecule has 3 heterocycles. The molecule has 1 aliphatic rings. The van der Waals surface area contributed by atoms with Gasteiger partial charge in [-0.3, -0.25) is 4.79 Å². The van der Waals surface area contributed by atoms with E-state index in [-0.39, 0.29) is 11.2 Å². The maximum absolute atomic E-state index is 11.7. The van der Waals surface area contributed by atoms with Crippen LogP contribution in [0.1, 0.15) is 21.3 Å². The highest BCUT2D eigenvalue weighted by Gasteiger charge is 2.28. The van der Waals surface area contributed by atoms with Crippen LogP contribution in [0.5, 0.6) is 0 Å². The van der Waals surface area contributed by atoms with Gasteiger partial charge >= 0.3 is 0 Å². The van der Waals surface area contributed by atoms with Crippen LogP contribution in [0.2, 0.25) is 0 Å². The molecule has 4 nitrogen and oxygen atoms in total. The van der Waals surface area contributed by atoms with Crippen LogP contribution in [0, 0.1) is 0 Å². The van der Waals surface area contributed by atoms with E-state index in [0.29, 0.717) is 11.6 Å². The van der Waals surface area contributed by atoms with Gasteiger partial charge in [-0.25, -0.2) is 4.57 Å². The Morgan fingerprint density at radius 2 is 2.47 bits per heavy atom. The fourth-order valence-electron chi connectivity index (χ4n) is 1.53. The van der Waals surface area contributed by atoms with Gasteiger partial charge in [-0.05, 0) is 11.4 Å². The molecule has 2 aromatic rings. The minimum Gasteiger partial charge on any atom is -0.274 e. The Kier molecular flexibility index (Phi) is 2.10. The minimum absolute atomic E-state index is 0.0761. The number of rotatable bonds is 1. The van der Waals surface area contributed by atoms with Crippen molar-refractivity contribution >= 4 is 29.0 Å². The first kappa shape index (κ1) is 9.11. The van der Waals surface area contributed by atoms with Gasteiger partial charge in [0.05, 0.1) is 5.25 Å². The van der Waals surface area contributed by atoms with Gasteiger partial charge in [0.2, 0.25) is 5.91 Å². The van der Waals surface area contributed by atoms with Crippen molar-refractivity contribution in [3.8, 4) is 0 Å². The van der Waals surface area contributed by atoms with Gasteiger partial charge in [0, 0.05) is 11.3 Å². The summed E-state index contributed by atoms with van der Waals surface area (Å²) in [7, 11) is 0. The van der Waals surface area contributed by atoms with Crippen molar-refractivity contribution in [3.63, 3.8) is 0 Å². The third-order valence-electron chi connectivity index (χ3n) is 2.25. The topological polar surface area (TPSA) is 47.8 Å². The highest BCUT2D eigenvalue weighted by molar-refractivity contribution is 7.99. The lowest BCUT2D eigenvalue weighted by atomic mass is 10.2. The molecular weight excluding hydrogens is 230 g/mol. The largest absolute Gasteiger partial charge is 0.274 e. The second-order valence-electron chi connectivity index (χ2n) is 3.20. The second kappa shape index (κ2) is 3.46. The number of thioether (sulfide) groups is 1. The van der Waals surface area contributed by atoms with E-state index < -0.39 is 0 Å². The van der Waals surface area contributed by atoms with Gasteiger partial charge in [0.1, 0.15) is 6.33 Å². The summed E-state index contributed by atoms with van der Waals surface area (Å²) < 4.78 is 1.52. The summed E-state index contributed by atoms with van der Waals surface area (Å²) >= 11 is 3.28. The molecule has 0 radical (unpaired) electrons. The number of nitrogens with zero attached hydrogens (tertiary/aromatic N) is 3. The third-order valence-corrected chi connectivity index (χ3v) is 4.58. The smallest absolute Gasteiger partial charge is 0.235 e. The van der Waals surface area contributed by atoms with E-state index in [1.807, 2.05) is 11.4 Å². The van der Waals surface area contributed by atoms with Gasteiger partial charge < -0.3 is 0 Å². The molecule has 15 heavy (non-hydrogen) atoms. The average molecular weight is 237 g/mol. The zero-order valence-corrected chi connectivity index (χ0v) is 9.29. The molecule has 76 valence electrons. The molecule has 0 spiro atoms. The van der Waals surface area contributed by atoms with Crippen molar-refractivity contribution in [2.24, 2.45) is 0 Å². The summed E-state index contributed by atoms with van der Waals surface area (Å²) in [5.74, 6) is 0.0761. The normalized spacial score (nSPS) is 20.3. The van der Waals surface area contributed by atoms with E-state index in [4.69, 9.17) is 0 Å². The molecule has 3 rings (SSSR count). The first-order chi connectivity index (χ1) is 7.34. The Hall–Kier alpha value is -1.14. The predicted molar refractivity (Wildman–Crippen MR) is 58.2 cm³/mol. The van der Waals surface area contributed by atoms with Crippen LogP contribution < -0.4 is 0 Å². The molecule has 0 bridgehead atoms. The summed E-state index contributed by atoms with van der Waals surface area (Å²) in [6, 6.07) is 4.06. The Morgan fingerprint density at radius 1 is 1.53 bits per heavy atom. The van der Waals surface area contributed by atoms with Crippen LogP contribution in [-0.2, 0) is 0 Å². The monoisotopic (exact) mass is 237 g/mol. The van der Waals surface area contributed by atoms with Crippen LogP contribution in [-0.4, -0.2) is 20.7 Å². The second-order valence-corrected chi connectivity index (χ2v) is 5.35. The first-order valence-corrected chi connectivity index (χ1v) is 6.24. The molecule has 1 atom stereocenters. The number of aromatic nitrogens is 3. The van der Waals surface area contributed by atoms with Gasteiger partial charge in [0.15, 0.2) is 5.16 Å². The van der Waals surface area contributed by atoms with Gasteiger partial charge in [-0.15, -0.1) is 21.5 Å². The average Bonchev–Trinajstić information content (AvgIpc) is 2.88. The van der Waals surface area contributed by atoms with E-state index in [2.05, 4.69) is 16.3 Å². The summed E-state index contributed by atoms with van der Waals surface area (Å²) in [5, 5.41) is 10.6. The zero-order chi connectivity index (χ0) is 10.3. The van der Waals surface area contributed by atoms with Gasteiger partial charge in [-0.2, -0.15) is 0 Å². The van der Waals surface area contributed by atoms with E-state index in [0.717, 1.165) is 0 Å². The lowest BCUT2D eigenvalue weighted by Gasteiger charge is -2.19. The summed E-state index contributed by atoms with van der Waals surface area (Å²) in [4.78, 5) is 13.0. The van der Waals surface area contributed by atoms with Crippen molar-refractivity contribution in [3.05, 3.63) is 28.7 Å². The number of thiophene rings is 1. The fourth-order valence-corrected chi connectivity index (χ4v) is 3.58. The Morgan fingerprint density at radius 3 is 3.27 bits per heavy atom. The highest BCUT2D eigenvalue weighted by Crippen LogP contribution is 2.42. The van der Waals surface area contributed by atoms with Crippen LogP contribution in [0.15, 0.2) is 29.0 Å². The van der Waals surface area contributed by atoms with Crippen molar-refractivity contribution in [2.75, 3.05) is 0 Å². The predicted octanol–water partition coefficient (Wildman–Crippen LogP) is 2.22. The summed E-state index contributed by atoms with van der Waals surface area (Å²) in [6.45, 7) is 0. The number of fused-ring (bicyclic) bond motifs is 1. The number of hydrogen-bond acceptors (Lipinski definition) is 5. The Balaban J connectivity index is 1.96. The van der Waals surface area contributed by atoms with Gasteiger partial charge in [-0.1, -0.05) is 17.8 Å². The van der Waals surface area contributed by atoms with E-state index >= 15 is 0 Å². The number of hydrogen-bond donors (Lipinski definition) is 0. The molecule has 0 aromatic carbocycles. The maximum Gasteiger partial charge on any atom is 0.235 e. The van der Waals surface area contributed by atoms with Crippen molar-refractivity contribution in [2.45, 2.75) is 16.8 Å². The molecule has 0 unspecified atom stereocenters. The molecular formula is C9H7N3OS2. The zero-order valence-electron chi connectivity index (χ0n) is 7.66. The van der Waals surface area contributed by atoms with Crippen LogP contribution >= 0.6 is 23.1 Å². The van der Waals surface area contributed by atoms with Crippen LogP contribution in [0.3, 0.4) is 0 Å². The fraction of sp³-hybridized carbons (Fsp3) is 0.222. The molecule has 0 fully saturated rings. The maximum atomic E-state index is 11.7.